The number of hydrogen-bond donors (Lipinski definition) is 2. The summed E-state index contributed by atoms with van der Waals surface area (Å²) in [5, 5.41) is 18.4. The molecule has 1 aromatic carbocycles. The Hall–Kier alpha value is -2.87. The third-order valence-electron chi connectivity index (χ3n) is 2.65. The monoisotopic (exact) mass is 309 g/mol. The molecule has 0 aromatic heterocycles. The zero-order valence-electron chi connectivity index (χ0n) is 12.0. The Morgan fingerprint density at radius 2 is 1.73 bits per heavy atom. The SMILES string of the molecule is COC(=O)c1ccc(CN(OC)C(=O)C=C(O)C(=O)O)cc1. The van der Waals surface area contributed by atoms with Crippen LogP contribution in [0.1, 0.15) is 15.9 Å². The Kier molecular flexibility index (Phi) is 6.09. The van der Waals surface area contributed by atoms with Crippen LogP contribution >= 0.6 is 0 Å². The van der Waals surface area contributed by atoms with Crippen molar-refractivity contribution in [1.29, 1.82) is 0 Å². The molecule has 8 nitrogen and oxygen atoms in total. The fourth-order valence-electron chi connectivity index (χ4n) is 1.51. The van der Waals surface area contributed by atoms with Gasteiger partial charge in [-0.1, -0.05) is 12.1 Å². The molecule has 1 amide bonds. The van der Waals surface area contributed by atoms with Crippen molar-refractivity contribution in [1.82, 2.24) is 5.06 Å². The number of hydrogen-bond acceptors (Lipinski definition) is 6. The number of methoxy groups -OCH3 is 1. The van der Waals surface area contributed by atoms with Crippen molar-refractivity contribution in [2.75, 3.05) is 14.2 Å². The van der Waals surface area contributed by atoms with Crippen LogP contribution in [0.2, 0.25) is 0 Å². The molecule has 2 N–H and O–H groups in total. The summed E-state index contributed by atoms with van der Waals surface area (Å²) in [5.74, 6) is -4.03. The van der Waals surface area contributed by atoms with E-state index in [-0.39, 0.29) is 6.54 Å². The van der Waals surface area contributed by atoms with Crippen LogP contribution in [0.3, 0.4) is 0 Å². The molecule has 0 aliphatic carbocycles. The first-order valence-electron chi connectivity index (χ1n) is 6.05. The number of rotatable bonds is 6. The van der Waals surface area contributed by atoms with Crippen molar-refractivity contribution in [3.05, 3.63) is 47.2 Å². The van der Waals surface area contributed by atoms with Crippen molar-refractivity contribution in [2.45, 2.75) is 6.54 Å². The van der Waals surface area contributed by atoms with Gasteiger partial charge in [0.2, 0.25) is 5.76 Å². The number of aliphatic hydroxyl groups is 1. The lowest BCUT2D eigenvalue weighted by Gasteiger charge is -2.18. The highest BCUT2D eigenvalue weighted by Gasteiger charge is 2.15. The van der Waals surface area contributed by atoms with Gasteiger partial charge < -0.3 is 14.9 Å². The first-order valence-corrected chi connectivity index (χ1v) is 6.05. The number of aliphatic hydroxyl groups excluding tert-OH is 1. The molecular weight excluding hydrogens is 294 g/mol. The number of aliphatic carboxylic acids is 1. The molecule has 0 heterocycles. The predicted molar refractivity (Wildman–Crippen MR) is 73.7 cm³/mol. The lowest BCUT2D eigenvalue weighted by atomic mass is 10.1. The van der Waals surface area contributed by atoms with E-state index in [0.717, 1.165) is 5.06 Å². The highest BCUT2D eigenvalue weighted by atomic mass is 16.7. The summed E-state index contributed by atoms with van der Waals surface area (Å²) >= 11 is 0. The fraction of sp³-hybridized carbons (Fsp3) is 0.214. The number of amides is 1. The number of benzene rings is 1. The lowest BCUT2D eigenvalue weighted by Crippen LogP contribution is -2.28. The van der Waals surface area contributed by atoms with Crippen LogP contribution in [0.5, 0.6) is 0 Å². The second-order valence-corrected chi connectivity index (χ2v) is 4.08. The Balaban J connectivity index is 2.82. The minimum atomic E-state index is -1.62. The van der Waals surface area contributed by atoms with Crippen LogP contribution in [0.4, 0.5) is 0 Å². The van der Waals surface area contributed by atoms with Crippen LogP contribution in [0, 0.1) is 0 Å². The summed E-state index contributed by atoms with van der Waals surface area (Å²) in [4.78, 5) is 38.3. The Morgan fingerprint density at radius 1 is 1.14 bits per heavy atom. The maximum atomic E-state index is 11.7. The molecule has 0 atom stereocenters. The first kappa shape index (κ1) is 17.2. The van der Waals surface area contributed by atoms with Crippen molar-refractivity contribution in [2.24, 2.45) is 0 Å². The van der Waals surface area contributed by atoms with E-state index < -0.39 is 23.6 Å². The standard InChI is InChI=1S/C14H15NO7/c1-21-14(20)10-5-3-9(4-6-10)8-15(22-2)12(17)7-11(16)13(18)19/h3-7,16H,8H2,1-2H3,(H,18,19). The van der Waals surface area contributed by atoms with E-state index in [9.17, 15) is 14.4 Å². The second kappa shape index (κ2) is 7.79. The molecule has 0 saturated carbocycles. The van der Waals surface area contributed by atoms with E-state index in [1.807, 2.05) is 0 Å². The molecule has 1 rings (SSSR count). The molecule has 0 aliphatic rings. The molecule has 0 bridgehead atoms. The fourth-order valence-corrected chi connectivity index (χ4v) is 1.51. The molecule has 1 aromatic rings. The van der Waals surface area contributed by atoms with Crippen molar-refractivity contribution < 1.29 is 34.2 Å². The highest BCUT2D eigenvalue weighted by molar-refractivity contribution is 5.95. The van der Waals surface area contributed by atoms with E-state index in [0.29, 0.717) is 17.2 Å². The number of carboxylic acids is 1. The van der Waals surface area contributed by atoms with Gasteiger partial charge in [-0.15, -0.1) is 0 Å². The van der Waals surface area contributed by atoms with Gasteiger partial charge in [-0.3, -0.25) is 9.63 Å². The molecule has 0 radical (unpaired) electrons. The Labute approximate surface area is 126 Å². The summed E-state index contributed by atoms with van der Waals surface area (Å²) in [6.07, 6.45) is 0.536. The van der Waals surface area contributed by atoms with E-state index in [4.69, 9.17) is 15.1 Å². The summed E-state index contributed by atoms with van der Waals surface area (Å²) in [6, 6.07) is 6.22. The Morgan fingerprint density at radius 3 is 2.18 bits per heavy atom. The van der Waals surface area contributed by atoms with Gasteiger partial charge in [0.1, 0.15) is 0 Å². The maximum Gasteiger partial charge on any atom is 0.371 e. The molecule has 0 fully saturated rings. The third kappa shape index (κ3) is 4.60. The van der Waals surface area contributed by atoms with Crippen molar-refractivity contribution in [3.63, 3.8) is 0 Å². The minimum Gasteiger partial charge on any atom is -0.502 e. The number of nitrogens with zero attached hydrogens (tertiary/aromatic N) is 1. The van der Waals surface area contributed by atoms with Gasteiger partial charge in [0.05, 0.1) is 32.4 Å². The molecule has 118 valence electrons. The van der Waals surface area contributed by atoms with Crippen LogP contribution < -0.4 is 0 Å². The predicted octanol–water partition coefficient (Wildman–Crippen LogP) is 0.890. The van der Waals surface area contributed by atoms with Gasteiger partial charge in [-0.2, -0.15) is 0 Å². The number of carbonyl (C=O) groups is 3. The number of esters is 1. The summed E-state index contributed by atoms with van der Waals surface area (Å²) < 4.78 is 4.56. The zero-order chi connectivity index (χ0) is 16.7. The molecular formula is C14H15NO7. The van der Waals surface area contributed by atoms with Crippen LogP contribution in [-0.2, 0) is 25.7 Å². The maximum absolute atomic E-state index is 11.7. The smallest absolute Gasteiger partial charge is 0.371 e. The third-order valence-corrected chi connectivity index (χ3v) is 2.65. The van der Waals surface area contributed by atoms with E-state index >= 15 is 0 Å². The van der Waals surface area contributed by atoms with Gasteiger partial charge in [0.15, 0.2) is 0 Å². The summed E-state index contributed by atoms with van der Waals surface area (Å²) in [7, 11) is 2.50. The van der Waals surface area contributed by atoms with E-state index in [2.05, 4.69) is 4.74 Å². The number of hydroxylamine groups is 2. The molecule has 0 spiro atoms. The number of carbonyl (C=O) groups excluding carboxylic acids is 2. The minimum absolute atomic E-state index is 0.000184. The van der Waals surface area contributed by atoms with Gasteiger partial charge in [0, 0.05) is 0 Å². The molecule has 0 aliphatic heterocycles. The highest BCUT2D eigenvalue weighted by Crippen LogP contribution is 2.09. The normalized spacial score (nSPS) is 10.9. The average Bonchev–Trinajstić information content (AvgIpc) is 2.52. The molecule has 8 heteroatoms. The lowest BCUT2D eigenvalue weighted by molar-refractivity contribution is -0.173. The van der Waals surface area contributed by atoms with Crippen LogP contribution in [-0.4, -0.2) is 47.3 Å². The van der Waals surface area contributed by atoms with Gasteiger partial charge >= 0.3 is 11.9 Å². The van der Waals surface area contributed by atoms with E-state index in [1.165, 1.54) is 26.4 Å². The van der Waals surface area contributed by atoms with Gasteiger partial charge in [-0.25, -0.2) is 14.7 Å². The van der Waals surface area contributed by atoms with Crippen LogP contribution in [0.15, 0.2) is 36.1 Å². The second-order valence-electron chi connectivity index (χ2n) is 4.08. The first-order chi connectivity index (χ1) is 10.4. The topological polar surface area (TPSA) is 113 Å². The summed E-state index contributed by atoms with van der Waals surface area (Å²) in [5.41, 5.74) is 0.982. The van der Waals surface area contributed by atoms with Crippen LogP contribution in [0.25, 0.3) is 0 Å². The average molecular weight is 309 g/mol. The van der Waals surface area contributed by atoms with E-state index in [1.54, 1.807) is 12.1 Å². The summed E-state index contributed by atoms with van der Waals surface area (Å²) in [6.45, 7) is 0.000184. The van der Waals surface area contributed by atoms with Gasteiger partial charge in [-0.05, 0) is 17.7 Å². The molecule has 0 unspecified atom stereocenters. The van der Waals surface area contributed by atoms with Gasteiger partial charge in [0.25, 0.3) is 5.91 Å². The quantitative estimate of drug-likeness (QED) is 0.347. The molecule has 22 heavy (non-hydrogen) atoms. The van der Waals surface area contributed by atoms with Crippen molar-refractivity contribution >= 4 is 17.8 Å². The Bertz CT molecular complexity index is 592. The largest absolute Gasteiger partial charge is 0.502 e. The zero-order valence-corrected chi connectivity index (χ0v) is 12.0. The number of carboxylic acid groups (broad SMARTS) is 1. The molecule has 0 saturated heterocycles. The van der Waals surface area contributed by atoms with Crippen molar-refractivity contribution in [3.8, 4) is 0 Å². The number of ether oxygens (including phenoxy) is 1.